The van der Waals surface area contributed by atoms with Gasteiger partial charge in [0.2, 0.25) is 0 Å². The van der Waals surface area contributed by atoms with Crippen molar-refractivity contribution in [3.63, 3.8) is 0 Å². The van der Waals surface area contributed by atoms with E-state index in [4.69, 9.17) is 0 Å². The van der Waals surface area contributed by atoms with Gasteiger partial charge in [0.25, 0.3) is 0 Å². The van der Waals surface area contributed by atoms with E-state index in [-0.39, 0.29) is 5.60 Å². The van der Waals surface area contributed by atoms with Crippen molar-refractivity contribution in [1.82, 2.24) is 0 Å². The van der Waals surface area contributed by atoms with E-state index in [0.29, 0.717) is 11.8 Å². The first-order valence-corrected chi connectivity index (χ1v) is 6.63. The fraction of sp³-hybridized carbons (Fsp3) is 1.00. The summed E-state index contributed by atoms with van der Waals surface area (Å²) < 4.78 is 0. The van der Waals surface area contributed by atoms with Gasteiger partial charge in [-0.3, -0.25) is 0 Å². The summed E-state index contributed by atoms with van der Waals surface area (Å²) in [4.78, 5) is 0. The van der Waals surface area contributed by atoms with Crippen molar-refractivity contribution in [2.24, 2.45) is 17.8 Å². The molecule has 0 aliphatic heterocycles. The molecule has 1 rings (SSSR count). The van der Waals surface area contributed by atoms with Crippen molar-refractivity contribution in [3.8, 4) is 0 Å². The summed E-state index contributed by atoms with van der Waals surface area (Å²) in [5, 5.41) is 10.5. The molecule has 1 N–H and O–H groups in total. The van der Waals surface area contributed by atoms with Crippen LogP contribution in [0.1, 0.15) is 66.2 Å². The molecule has 1 saturated carbocycles. The minimum Gasteiger partial charge on any atom is -0.390 e. The maximum absolute atomic E-state index is 10.5. The van der Waals surface area contributed by atoms with Crippen molar-refractivity contribution >= 4 is 0 Å². The van der Waals surface area contributed by atoms with E-state index < -0.39 is 0 Å². The fourth-order valence-corrected chi connectivity index (χ4v) is 3.28. The molecule has 90 valence electrons. The molecule has 0 radical (unpaired) electrons. The van der Waals surface area contributed by atoms with Crippen LogP contribution in [0, 0.1) is 17.8 Å². The summed E-state index contributed by atoms with van der Waals surface area (Å²) in [5.41, 5.74) is -0.341. The van der Waals surface area contributed by atoms with Gasteiger partial charge in [-0.2, -0.15) is 0 Å². The quantitative estimate of drug-likeness (QED) is 0.747. The van der Waals surface area contributed by atoms with Gasteiger partial charge >= 0.3 is 0 Å². The Bertz CT molecular complexity index is 176. The highest BCUT2D eigenvalue weighted by molar-refractivity contribution is 4.87. The van der Waals surface area contributed by atoms with Crippen molar-refractivity contribution in [3.05, 3.63) is 0 Å². The summed E-state index contributed by atoms with van der Waals surface area (Å²) in [6.45, 7) is 9.08. The smallest absolute Gasteiger partial charge is 0.0652 e. The monoisotopic (exact) mass is 212 g/mol. The zero-order chi connectivity index (χ0) is 11.5. The molecule has 0 aromatic heterocycles. The Morgan fingerprint density at radius 2 is 1.73 bits per heavy atom. The van der Waals surface area contributed by atoms with E-state index in [1.54, 1.807) is 0 Å². The molecule has 0 spiro atoms. The summed E-state index contributed by atoms with van der Waals surface area (Å²) in [5.74, 6) is 2.18. The second-order valence-corrected chi connectivity index (χ2v) is 6.36. The van der Waals surface area contributed by atoms with Crippen LogP contribution < -0.4 is 0 Å². The lowest BCUT2D eigenvalue weighted by atomic mass is 9.71. The molecule has 1 aliphatic carbocycles. The molecule has 2 atom stereocenters. The average Bonchev–Trinajstić information content (AvgIpc) is 1.98. The number of hydrogen-bond donors (Lipinski definition) is 1. The predicted molar refractivity (Wildman–Crippen MR) is 65.8 cm³/mol. The predicted octanol–water partition coefficient (Wildman–Crippen LogP) is 4.00. The van der Waals surface area contributed by atoms with Crippen LogP contribution in [0.3, 0.4) is 0 Å². The van der Waals surface area contributed by atoms with Gasteiger partial charge in [-0.05, 0) is 43.4 Å². The molecule has 1 nitrogen and oxygen atoms in total. The third kappa shape index (κ3) is 4.55. The fourth-order valence-electron chi connectivity index (χ4n) is 3.28. The van der Waals surface area contributed by atoms with Gasteiger partial charge in [-0.1, -0.05) is 40.5 Å². The topological polar surface area (TPSA) is 20.2 Å². The summed E-state index contributed by atoms with van der Waals surface area (Å²) in [7, 11) is 0. The van der Waals surface area contributed by atoms with E-state index in [0.717, 1.165) is 25.2 Å². The Kier molecular flexibility index (Phi) is 4.64. The van der Waals surface area contributed by atoms with E-state index in [9.17, 15) is 5.11 Å². The zero-order valence-electron chi connectivity index (χ0n) is 10.9. The van der Waals surface area contributed by atoms with Crippen molar-refractivity contribution in [2.45, 2.75) is 71.8 Å². The lowest BCUT2D eigenvalue weighted by Gasteiger charge is -2.39. The first-order valence-electron chi connectivity index (χ1n) is 6.63. The zero-order valence-corrected chi connectivity index (χ0v) is 10.9. The van der Waals surface area contributed by atoms with Gasteiger partial charge in [0.05, 0.1) is 5.60 Å². The Balaban J connectivity index is 2.36. The van der Waals surface area contributed by atoms with Gasteiger partial charge < -0.3 is 5.11 Å². The molecule has 1 fully saturated rings. The number of hydrogen-bond acceptors (Lipinski definition) is 1. The normalized spacial score (nSPS) is 37.2. The maximum Gasteiger partial charge on any atom is 0.0652 e. The third-order valence-electron chi connectivity index (χ3n) is 3.69. The van der Waals surface area contributed by atoms with E-state index in [2.05, 4.69) is 27.7 Å². The molecule has 2 unspecified atom stereocenters. The second kappa shape index (κ2) is 5.34. The minimum absolute atomic E-state index is 0.341. The third-order valence-corrected chi connectivity index (χ3v) is 3.69. The van der Waals surface area contributed by atoms with E-state index >= 15 is 0 Å². The van der Waals surface area contributed by atoms with Crippen LogP contribution in [-0.2, 0) is 0 Å². The van der Waals surface area contributed by atoms with Gasteiger partial charge in [0.15, 0.2) is 0 Å². The second-order valence-electron chi connectivity index (χ2n) is 6.36. The molecule has 0 saturated heterocycles. The van der Waals surface area contributed by atoms with Crippen molar-refractivity contribution in [1.29, 1.82) is 0 Å². The van der Waals surface area contributed by atoms with Crippen molar-refractivity contribution in [2.75, 3.05) is 0 Å². The van der Waals surface area contributed by atoms with Gasteiger partial charge in [-0.15, -0.1) is 0 Å². The molecule has 1 aliphatic rings. The van der Waals surface area contributed by atoms with E-state index in [1.165, 1.54) is 19.3 Å². The van der Waals surface area contributed by atoms with Crippen LogP contribution >= 0.6 is 0 Å². The SMILES string of the molecule is CC(C)CCCC1(O)CC(C)CC(C)C1. The lowest BCUT2D eigenvalue weighted by Crippen LogP contribution is -2.37. The largest absolute Gasteiger partial charge is 0.390 e. The Labute approximate surface area is 95.3 Å². The van der Waals surface area contributed by atoms with Crippen LogP contribution in [0.4, 0.5) is 0 Å². The molecule has 1 heteroatoms. The van der Waals surface area contributed by atoms with E-state index in [1.807, 2.05) is 0 Å². The minimum atomic E-state index is -0.341. The summed E-state index contributed by atoms with van der Waals surface area (Å²) in [6.07, 6.45) is 6.80. The molecule has 15 heavy (non-hydrogen) atoms. The summed E-state index contributed by atoms with van der Waals surface area (Å²) >= 11 is 0. The molecular weight excluding hydrogens is 184 g/mol. The first-order chi connectivity index (χ1) is 6.91. The molecule has 0 heterocycles. The van der Waals surface area contributed by atoms with Gasteiger partial charge in [0, 0.05) is 0 Å². The highest BCUT2D eigenvalue weighted by Crippen LogP contribution is 2.38. The van der Waals surface area contributed by atoms with Gasteiger partial charge in [-0.25, -0.2) is 0 Å². The van der Waals surface area contributed by atoms with Crippen LogP contribution in [0.25, 0.3) is 0 Å². The highest BCUT2D eigenvalue weighted by atomic mass is 16.3. The Hall–Kier alpha value is -0.0400. The Morgan fingerprint density at radius 3 is 2.20 bits per heavy atom. The van der Waals surface area contributed by atoms with Crippen LogP contribution in [0.2, 0.25) is 0 Å². The first kappa shape index (κ1) is 13.0. The molecule has 0 amide bonds. The molecule has 0 aromatic carbocycles. The molecular formula is C14H28O. The van der Waals surface area contributed by atoms with Gasteiger partial charge in [0.1, 0.15) is 0 Å². The molecule has 0 aromatic rings. The van der Waals surface area contributed by atoms with Crippen LogP contribution in [0.5, 0.6) is 0 Å². The number of rotatable bonds is 4. The maximum atomic E-state index is 10.5. The lowest BCUT2D eigenvalue weighted by molar-refractivity contribution is -0.0396. The summed E-state index contributed by atoms with van der Waals surface area (Å²) in [6, 6.07) is 0. The van der Waals surface area contributed by atoms with Crippen molar-refractivity contribution < 1.29 is 5.11 Å². The molecule has 0 bridgehead atoms. The average molecular weight is 212 g/mol. The Morgan fingerprint density at radius 1 is 1.20 bits per heavy atom. The van der Waals surface area contributed by atoms with Crippen LogP contribution in [0.15, 0.2) is 0 Å². The van der Waals surface area contributed by atoms with Crippen LogP contribution in [-0.4, -0.2) is 10.7 Å². The highest BCUT2D eigenvalue weighted by Gasteiger charge is 2.35. The number of aliphatic hydroxyl groups is 1. The standard InChI is InChI=1S/C14H28O/c1-11(2)6-5-7-14(15)9-12(3)8-13(4)10-14/h11-13,15H,5-10H2,1-4H3.